The molecular formula is C18H38O3Si2. The monoisotopic (exact) mass is 358 g/mol. The molecule has 0 aromatic rings. The second-order valence-corrected chi connectivity index (χ2v) is 19.5. The van der Waals surface area contributed by atoms with Crippen LogP contribution in [-0.4, -0.2) is 40.1 Å². The fraction of sp³-hybridized carbons (Fsp3) is 0.889. The number of rotatable bonds is 4. The highest BCUT2D eigenvalue weighted by Crippen LogP contribution is 2.41. The van der Waals surface area contributed by atoms with Gasteiger partial charge >= 0.3 is 0 Å². The van der Waals surface area contributed by atoms with E-state index in [1.807, 2.05) is 12.2 Å². The molecule has 0 aromatic carbocycles. The average Bonchev–Trinajstić information content (AvgIpc) is 2.29. The highest BCUT2D eigenvalue weighted by molar-refractivity contribution is 6.74. The average molecular weight is 359 g/mol. The van der Waals surface area contributed by atoms with Gasteiger partial charge in [0.2, 0.25) is 0 Å². The number of hydrogen-bond acceptors (Lipinski definition) is 3. The van der Waals surface area contributed by atoms with Gasteiger partial charge in [-0.15, -0.1) is 0 Å². The summed E-state index contributed by atoms with van der Waals surface area (Å²) in [7, 11) is -3.77. The number of aliphatic hydroxyl groups excluding tert-OH is 1. The topological polar surface area (TPSA) is 38.7 Å². The molecule has 0 bridgehead atoms. The van der Waals surface area contributed by atoms with Crippen LogP contribution in [0.5, 0.6) is 0 Å². The van der Waals surface area contributed by atoms with Crippen LogP contribution in [0.2, 0.25) is 36.3 Å². The summed E-state index contributed by atoms with van der Waals surface area (Å²) in [5, 5.41) is 10.4. The van der Waals surface area contributed by atoms with Gasteiger partial charge in [0, 0.05) is 6.42 Å². The SMILES string of the molecule is CC(C)(C)[Si](C)(C)O[C@H]1C[C@H](O)C=C[C@H]1O[Si](C)(C)C(C)(C)C. The smallest absolute Gasteiger partial charge is 0.193 e. The zero-order valence-electron chi connectivity index (χ0n) is 16.9. The van der Waals surface area contributed by atoms with Crippen molar-refractivity contribution in [3.8, 4) is 0 Å². The summed E-state index contributed by atoms with van der Waals surface area (Å²) in [6, 6.07) is 0. The van der Waals surface area contributed by atoms with Crippen molar-refractivity contribution in [1.82, 2.24) is 0 Å². The summed E-state index contributed by atoms with van der Waals surface area (Å²) in [5.41, 5.74) is 0. The third-order valence-corrected chi connectivity index (χ3v) is 14.8. The van der Waals surface area contributed by atoms with Crippen LogP contribution in [0.3, 0.4) is 0 Å². The molecule has 1 rings (SSSR count). The molecule has 0 aromatic heterocycles. The Balaban J connectivity index is 2.98. The van der Waals surface area contributed by atoms with Crippen molar-refractivity contribution in [2.24, 2.45) is 0 Å². The maximum absolute atomic E-state index is 10.1. The summed E-state index contributed by atoms with van der Waals surface area (Å²) in [4.78, 5) is 0. The molecule has 0 heterocycles. The van der Waals surface area contributed by atoms with Gasteiger partial charge in [0.05, 0.1) is 18.3 Å². The van der Waals surface area contributed by atoms with E-state index in [4.69, 9.17) is 8.85 Å². The van der Waals surface area contributed by atoms with Crippen molar-refractivity contribution in [2.45, 2.75) is 103 Å². The van der Waals surface area contributed by atoms with Gasteiger partial charge in [-0.3, -0.25) is 0 Å². The van der Waals surface area contributed by atoms with Gasteiger partial charge in [-0.05, 0) is 36.3 Å². The van der Waals surface area contributed by atoms with Crippen molar-refractivity contribution in [3.05, 3.63) is 12.2 Å². The lowest BCUT2D eigenvalue weighted by Crippen LogP contribution is -2.53. The molecule has 1 aliphatic carbocycles. The molecule has 0 radical (unpaired) electrons. The highest BCUT2D eigenvalue weighted by Gasteiger charge is 2.45. The molecule has 5 heteroatoms. The van der Waals surface area contributed by atoms with Crippen molar-refractivity contribution in [1.29, 1.82) is 0 Å². The minimum atomic E-state index is -1.89. The largest absolute Gasteiger partial charge is 0.411 e. The van der Waals surface area contributed by atoms with Gasteiger partial charge in [-0.2, -0.15) is 0 Å². The van der Waals surface area contributed by atoms with Crippen LogP contribution >= 0.6 is 0 Å². The fourth-order valence-electron chi connectivity index (χ4n) is 2.11. The first-order chi connectivity index (χ1) is 10.1. The Bertz CT molecular complexity index is 431. The van der Waals surface area contributed by atoms with Crippen molar-refractivity contribution < 1.29 is 14.0 Å². The van der Waals surface area contributed by atoms with Crippen LogP contribution in [0.4, 0.5) is 0 Å². The third kappa shape index (κ3) is 5.26. The summed E-state index contributed by atoms with van der Waals surface area (Å²) in [6.07, 6.45) is 3.99. The van der Waals surface area contributed by atoms with Crippen molar-refractivity contribution in [2.75, 3.05) is 0 Å². The molecule has 3 atom stereocenters. The minimum Gasteiger partial charge on any atom is -0.411 e. The molecule has 0 fully saturated rings. The van der Waals surface area contributed by atoms with Crippen LogP contribution in [-0.2, 0) is 8.85 Å². The number of hydrogen-bond donors (Lipinski definition) is 1. The zero-order valence-corrected chi connectivity index (χ0v) is 18.9. The number of aliphatic hydroxyl groups is 1. The molecule has 3 nitrogen and oxygen atoms in total. The Kier molecular flexibility index (Phi) is 6.19. The Morgan fingerprint density at radius 3 is 1.70 bits per heavy atom. The molecule has 23 heavy (non-hydrogen) atoms. The first-order valence-electron chi connectivity index (χ1n) is 8.79. The molecule has 0 saturated carbocycles. The highest BCUT2D eigenvalue weighted by atomic mass is 28.4. The van der Waals surface area contributed by atoms with E-state index in [1.165, 1.54) is 0 Å². The first kappa shape index (κ1) is 21.1. The maximum atomic E-state index is 10.1. The van der Waals surface area contributed by atoms with E-state index in [9.17, 15) is 5.11 Å². The van der Waals surface area contributed by atoms with Crippen LogP contribution in [0.25, 0.3) is 0 Å². The Labute approximate surface area is 145 Å². The van der Waals surface area contributed by atoms with Gasteiger partial charge in [0.1, 0.15) is 0 Å². The predicted molar refractivity (Wildman–Crippen MR) is 104 cm³/mol. The normalized spacial score (nSPS) is 27.3. The minimum absolute atomic E-state index is 0.0478. The quantitative estimate of drug-likeness (QED) is 0.562. The van der Waals surface area contributed by atoms with E-state index < -0.39 is 22.7 Å². The summed E-state index contributed by atoms with van der Waals surface area (Å²) < 4.78 is 13.2. The van der Waals surface area contributed by atoms with E-state index in [-0.39, 0.29) is 22.3 Å². The first-order valence-corrected chi connectivity index (χ1v) is 14.6. The van der Waals surface area contributed by atoms with Crippen LogP contribution in [0, 0.1) is 0 Å². The van der Waals surface area contributed by atoms with Crippen LogP contribution in [0.15, 0.2) is 12.2 Å². The lowest BCUT2D eigenvalue weighted by Gasteiger charge is -2.45. The molecule has 0 aliphatic heterocycles. The van der Waals surface area contributed by atoms with E-state index in [1.54, 1.807) is 0 Å². The van der Waals surface area contributed by atoms with E-state index in [0.29, 0.717) is 6.42 Å². The lowest BCUT2D eigenvalue weighted by atomic mass is 10.00. The van der Waals surface area contributed by atoms with Gasteiger partial charge < -0.3 is 14.0 Å². The molecule has 0 amide bonds. The van der Waals surface area contributed by atoms with Gasteiger partial charge in [0.15, 0.2) is 16.6 Å². The lowest BCUT2D eigenvalue weighted by molar-refractivity contribution is 0.0232. The summed E-state index contributed by atoms with van der Waals surface area (Å²) >= 11 is 0. The van der Waals surface area contributed by atoms with Crippen molar-refractivity contribution >= 4 is 16.6 Å². The molecule has 0 unspecified atom stereocenters. The third-order valence-electron chi connectivity index (χ3n) is 5.85. The second-order valence-electron chi connectivity index (χ2n) is 9.95. The van der Waals surface area contributed by atoms with Gasteiger partial charge in [-0.25, -0.2) is 0 Å². The van der Waals surface area contributed by atoms with E-state index in [2.05, 4.69) is 67.7 Å². The van der Waals surface area contributed by atoms with E-state index in [0.717, 1.165) is 0 Å². The molecule has 0 saturated heterocycles. The van der Waals surface area contributed by atoms with Crippen LogP contribution in [0.1, 0.15) is 48.0 Å². The van der Waals surface area contributed by atoms with Gasteiger partial charge in [-0.1, -0.05) is 53.7 Å². The molecule has 136 valence electrons. The van der Waals surface area contributed by atoms with Crippen LogP contribution < -0.4 is 0 Å². The molecule has 0 spiro atoms. The zero-order chi connectivity index (χ0) is 18.3. The van der Waals surface area contributed by atoms with Gasteiger partial charge in [0.25, 0.3) is 0 Å². The molecule has 1 aliphatic rings. The molecule has 1 N–H and O–H groups in total. The Morgan fingerprint density at radius 2 is 1.26 bits per heavy atom. The van der Waals surface area contributed by atoms with Crippen molar-refractivity contribution in [3.63, 3.8) is 0 Å². The Hall–Kier alpha value is 0.0538. The maximum Gasteiger partial charge on any atom is 0.193 e. The fourth-order valence-corrected chi connectivity index (χ4v) is 4.72. The molecular weight excluding hydrogens is 320 g/mol. The summed E-state index contributed by atoms with van der Waals surface area (Å²) in [6.45, 7) is 22.6. The Morgan fingerprint density at radius 1 is 0.826 bits per heavy atom. The standard InChI is InChI=1S/C18H38O3Si2/c1-17(2,3)22(7,8)20-15-12-11-14(19)13-16(15)21-23(9,10)18(4,5)6/h11-12,14-16,19H,13H2,1-10H3/t14-,15-,16+/m1/s1. The summed E-state index contributed by atoms with van der Waals surface area (Å²) in [5.74, 6) is 0. The second kappa shape index (κ2) is 6.75. The predicted octanol–water partition coefficient (Wildman–Crippen LogP) is 5.09. The van der Waals surface area contributed by atoms with E-state index >= 15 is 0 Å².